The fourth-order valence-electron chi connectivity index (χ4n) is 1.53. The highest BCUT2D eigenvalue weighted by Gasteiger charge is 2.30. The van der Waals surface area contributed by atoms with E-state index in [1.54, 1.807) is 18.3 Å². The predicted molar refractivity (Wildman–Crippen MR) is 51.6 cm³/mol. The molecule has 1 amide bonds. The molecule has 0 saturated carbocycles. The van der Waals surface area contributed by atoms with Crippen molar-refractivity contribution in [2.45, 2.75) is 12.5 Å². The van der Waals surface area contributed by atoms with Gasteiger partial charge in [-0.25, -0.2) is 4.98 Å². The number of nitrogen functional groups attached to an aromatic ring is 1. The Labute approximate surface area is 81.2 Å². The number of carbonyl (C=O) groups is 1. The van der Waals surface area contributed by atoms with Crippen LogP contribution in [0.5, 0.6) is 0 Å². The van der Waals surface area contributed by atoms with Crippen LogP contribution < -0.4 is 10.6 Å². The summed E-state index contributed by atoms with van der Waals surface area (Å²) in [6.45, 7) is 0.278. The maximum absolute atomic E-state index is 11.4. The third-order valence-electron chi connectivity index (χ3n) is 2.18. The molecule has 74 valence electrons. The summed E-state index contributed by atoms with van der Waals surface area (Å²) >= 11 is 0. The second kappa shape index (κ2) is 3.26. The number of aliphatic hydroxyl groups is 1. The molecule has 1 aliphatic rings. The summed E-state index contributed by atoms with van der Waals surface area (Å²) < 4.78 is 0. The van der Waals surface area contributed by atoms with E-state index in [0.29, 0.717) is 11.5 Å². The molecule has 1 aromatic rings. The molecule has 1 unspecified atom stereocenters. The van der Waals surface area contributed by atoms with Gasteiger partial charge in [0.05, 0.1) is 24.8 Å². The molecule has 2 rings (SSSR count). The van der Waals surface area contributed by atoms with Gasteiger partial charge in [-0.1, -0.05) is 0 Å². The van der Waals surface area contributed by atoms with E-state index in [1.165, 1.54) is 4.90 Å². The maximum atomic E-state index is 11.4. The van der Waals surface area contributed by atoms with Gasteiger partial charge in [-0.2, -0.15) is 0 Å². The first-order valence-electron chi connectivity index (χ1n) is 4.37. The molecule has 1 fully saturated rings. The molecule has 0 radical (unpaired) electrons. The van der Waals surface area contributed by atoms with Gasteiger partial charge < -0.3 is 10.8 Å². The first-order valence-corrected chi connectivity index (χ1v) is 4.37. The van der Waals surface area contributed by atoms with Gasteiger partial charge >= 0.3 is 0 Å². The predicted octanol–water partition coefficient (Wildman–Crippen LogP) is -0.239. The lowest BCUT2D eigenvalue weighted by Crippen LogP contribution is -2.27. The van der Waals surface area contributed by atoms with Crippen LogP contribution in [0.1, 0.15) is 6.42 Å². The largest absolute Gasteiger partial charge is 0.396 e. The zero-order chi connectivity index (χ0) is 10.1. The van der Waals surface area contributed by atoms with Crippen molar-refractivity contribution in [2.24, 2.45) is 0 Å². The molecule has 1 saturated heterocycles. The second-order valence-corrected chi connectivity index (χ2v) is 3.28. The van der Waals surface area contributed by atoms with Gasteiger partial charge in [0.2, 0.25) is 5.91 Å². The number of amides is 1. The molecule has 0 bridgehead atoms. The molecule has 5 nitrogen and oxygen atoms in total. The van der Waals surface area contributed by atoms with Crippen LogP contribution in [0.4, 0.5) is 11.5 Å². The number of nitrogens with two attached hydrogens (primary N) is 1. The summed E-state index contributed by atoms with van der Waals surface area (Å²) in [4.78, 5) is 16.8. The summed E-state index contributed by atoms with van der Waals surface area (Å²) in [7, 11) is 0. The Hall–Kier alpha value is -1.62. The van der Waals surface area contributed by atoms with Gasteiger partial charge in [0, 0.05) is 6.20 Å². The van der Waals surface area contributed by atoms with E-state index in [1.807, 2.05) is 0 Å². The average molecular weight is 193 g/mol. The molecule has 1 atom stereocenters. The first kappa shape index (κ1) is 8.96. The Morgan fingerprint density at radius 3 is 3.00 bits per heavy atom. The zero-order valence-electron chi connectivity index (χ0n) is 7.55. The molecule has 1 aromatic heterocycles. The van der Waals surface area contributed by atoms with E-state index in [4.69, 9.17) is 5.73 Å². The Balaban J connectivity index is 2.32. The number of carbonyl (C=O) groups excluding carboxylic acids is 1. The van der Waals surface area contributed by atoms with Gasteiger partial charge in [0.25, 0.3) is 0 Å². The molecule has 2 heterocycles. The fraction of sp³-hybridized carbons (Fsp3) is 0.333. The van der Waals surface area contributed by atoms with Gasteiger partial charge in [-0.05, 0) is 12.1 Å². The van der Waals surface area contributed by atoms with Crippen LogP contribution in [0.25, 0.3) is 0 Å². The van der Waals surface area contributed by atoms with E-state index in [9.17, 15) is 9.90 Å². The molecule has 5 heteroatoms. The molecule has 0 spiro atoms. The Morgan fingerprint density at radius 1 is 1.64 bits per heavy atom. The molecule has 14 heavy (non-hydrogen) atoms. The Kier molecular flexibility index (Phi) is 2.09. The summed E-state index contributed by atoms with van der Waals surface area (Å²) in [5, 5.41) is 9.29. The van der Waals surface area contributed by atoms with Gasteiger partial charge in [-0.3, -0.25) is 9.69 Å². The van der Waals surface area contributed by atoms with Crippen molar-refractivity contribution < 1.29 is 9.90 Å². The number of aromatic nitrogens is 1. The number of pyridine rings is 1. The van der Waals surface area contributed by atoms with E-state index in [2.05, 4.69) is 4.98 Å². The first-order chi connectivity index (χ1) is 6.68. The normalized spacial score (nSPS) is 21.6. The van der Waals surface area contributed by atoms with Gasteiger partial charge in [-0.15, -0.1) is 0 Å². The average Bonchev–Trinajstić information content (AvgIpc) is 2.46. The highest BCUT2D eigenvalue weighted by atomic mass is 16.3. The van der Waals surface area contributed by atoms with Crippen LogP contribution in [-0.4, -0.2) is 28.6 Å². The minimum Gasteiger partial charge on any atom is -0.396 e. The lowest BCUT2D eigenvalue weighted by Gasteiger charge is -2.15. The van der Waals surface area contributed by atoms with Crippen LogP contribution in [0.15, 0.2) is 18.3 Å². The SMILES string of the molecule is Nc1cccnc1N1CC(O)CC1=O. The van der Waals surface area contributed by atoms with E-state index >= 15 is 0 Å². The van der Waals surface area contributed by atoms with Crippen LogP contribution in [0.2, 0.25) is 0 Å². The van der Waals surface area contributed by atoms with E-state index < -0.39 is 6.10 Å². The number of hydrogen-bond donors (Lipinski definition) is 2. The third-order valence-corrected chi connectivity index (χ3v) is 2.18. The molecular weight excluding hydrogens is 182 g/mol. The highest BCUT2D eigenvalue weighted by Crippen LogP contribution is 2.24. The number of nitrogens with zero attached hydrogens (tertiary/aromatic N) is 2. The number of β-amino-alcohol motifs (C(OH)–C–C–N with tert-alkyl or cyclic N) is 1. The lowest BCUT2D eigenvalue weighted by atomic mass is 10.3. The Bertz CT molecular complexity index is 367. The summed E-state index contributed by atoms with van der Waals surface area (Å²) in [6.07, 6.45) is 1.11. The second-order valence-electron chi connectivity index (χ2n) is 3.28. The zero-order valence-corrected chi connectivity index (χ0v) is 7.55. The minimum atomic E-state index is -0.607. The molecule has 0 aliphatic carbocycles. The van der Waals surface area contributed by atoms with Crippen LogP contribution in [-0.2, 0) is 4.79 Å². The van der Waals surface area contributed by atoms with E-state index in [-0.39, 0.29) is 18.9 Å². The topological polar surface area (TPSA) is 79.4 Å². The number of anilines is 2. The number of aliphatic hydroxyl groups excluding tert-OH is 1. The fourth-order valence-corrected chi connectivity index (χ4v) is 1.53. The van der Waals surface area contributed by atoms with Crippen molar-refractivity contribution in [3.8, 4) is 0 Å². The monoisotopic (exact) mass is 193 g/mol. The molecule has 0 aromatic carbocycles. The van der Waals surface area contributed by atoms with Crippen LogP contribution in [0, 0.1) is 0 Å². The van der Waals surface area contributed by atoms with Crippen LogP contribution >= 0.6 is 0 Å². The lowest BCUT2D eigenvalue weighted by molar-refractivity contribution is -0.117. The number of rotatable bonds is 1. The van der Waals surface area contributed by atoms with Crippen molar-refractivity contribution in [3.63, 3.8) is 0 Å². The molecular formula is C9H11N3O2. The molecule has 3 N–H and O–H groups in total. The summed E-state index contributed by atoms with van der Waals surface area (Å²) in [5.41, 5.74) is 6.12. The van der Waals surface area contributed by atoms with Crippen molar-refractivity contribution in [1.82, 2.24) is 4.98 Å². The molecule has 1 aliphatic heterocycles. The van der Waals surface area contributed by atoms with Gasteiger partial charge in [0.15, 0.2) is 5.82 Å². The summed E-state index contributed by atoms with van der Waals surface area (Å²) in [5.74, 6) is 0.303. The van der Waals surface area contributed by atoms with Gasteiger partial charge in [0.1, 0.15) is 0 Å². The minimum absolute atomic E-state index is 0.136. The van der Waals surface area contributed by atoms with Crippen molar-refractivity contribution in [3.05, 3.63) is 18.3 Å². The highest BCUT2D eigenvalue weighted by molar-refractivity contribution is 5.97. The van der Waals surface area contributed by atoms with Crippen molar-refractivity contribution in [2.75, 3.05) is 17.2 Å². The maximum Gasteiger partial charge on any atom is 0.230 e. The van der Waals surface area contributed by atoms with Crippen molar-refractivity contribution >= 4 is 17.4 Å². The summed E-state index contributed by atoms with van der Waals surface area (Å²) in [6, 6.07) is 3.39. The third kappa shape index (κ3) is 1.42. The Morgan fingerprint density at radius 2 is 2.43 bits per heavy atom. The van der Waals surface area contributed by atoms with Crippen LogP contribution in [0.3, 0.4) is 0 Å². The quantitative estimate of drug-likeness (QED) is 0.645. The van der Waals surface area contributed by atoms with E-state index in [0.717, 1.165) is 0 Å². The smallest absolute Gasteiger partial charge is 0.230 e. The number of hydrogen-bond acceptors (Lipinski definition) is 4. The van der Waals surface area contributed by atoms with Crippen molar-refractivity contribution in [1.29, 1.82) is 0 Å². The standard InChI is InChI=1S/C9H11N3O2/c10-7-2-1-3-11-9(7)12-5-6(13)4-8(12)14/h1-3,6,13H,4-5,10H2.